The number of hydrogen-bond donors (Lipinski definition) is 5. The van der Waals surface area contributed by atoms with Gasteiger partial charge in [-0.25, -0.2) is 4.79 Å². The average Bonchev–Trinajstić information content (AvgIpc) is 3.39. The van der Waals surface area contributed by atoms with E-state index in [1.165, 1.54) is 14.0 Å². The van der Waals surface area contributed by atoms with Crippen LogP contribution in [0.4, 0.5) is 0 Å². The SMILES string of the molecule is COc1ccc2c3c1O[C@H]1C(OC(=O)CC(OC(=O)CCNC(=O)C(CCCCN)NC(C)=O)C(=O)O)=CC[C@@]4(O)[C@@H](C2)N(C)CC[C@]314. The third kappa shape index (κ3) is 6.33. The fourth-order valence-corrected chi connectivity index (χ4v) is 7.73. The van der Waals surface area contributed by atoms with Crippen LogP contribution in [0.15, 0.2) is 24.0 Å². The van der Waals surface area contributed by atoms with Gasteiger partial charge in [0.05, 0.1) is 31.0 Å². The molecule has 1 aromatic carbocycles. The van der Waals surface area contributed by atoms with E-state index >= 15 is 0 Å². The van der Waals surface area contributed by atoms with E-state index in [-0.39, 0.29) is 37.1 Å². The van der Waals surface area contributed by atoms with Gasteiger partial charge >= 0.3 is 17.9 Å². The van der Waals surface area contributed by atoms with Crippen LogP contribution in [-0.2, 0) is 45.3 Å². The Morgan fingerprint density at radius 3 is 2.65 bits per heavy atom. The van der Waals surface area contributed by atoms with E-state index in [1.807, 2.05) is 19.2 Å². The number of nitrogens with zero attached hydrogens (tertiary/aromatic N) is 1. The Bertz CT molecular complexity index is 1500. The molecular weight excluding hydrogens is 628 g/mol. The average molecular weight is 673 g/mol. The molecule has 0 saturated carbocycles. The summed E-state index contributed by atoms with van der Waals surface area (Å²) in [5.74, 6) is -3.22. The summed E-state index contributed by atoms with van der Waals surface area (Å²) in [7, 11) is 3.50. The topological polar surface area (TPSA) is 216 Å². The molecule has 0 radical (unpaired) electrons. The van der Waals surface area contributed by atoms with E-state index in [2.05, 4.69) is 15.5 Å². The number of methoxy groups -OCH3 is 1. The Labute approximate surface area is 278 Å². The van der Waals surface area contributed by atoms with Crippen molar-refractivity contribution in [3.63, 3.8) is 0 Å². The summed E-state index contributed by atoms with van der Waals surface area (Å²) in [6.45, 7) is 2.22. The molecule has 1 fully saturated rings. The van der Waals surface area contributed by atoms with Crippen LogP contribution >= 0.6 is 0 Å². The number of aliphatic hydroxyl groups is 1. The lowest BCUT2D eigenvalue weighted by atomic mass is 9.50. The first-order valence-corrected chi connectivity index (χ1v) is 16.2. The fraction of sp³-hybridized carbons (Fsp3) is 0.606. The zero-order valence-electron chi connectivity index (χ0n) is 27.4. The Kier molecular flexibility index (Phi) is 10.3. The number of esters is 2. The third-order valence-corrected chi connectivity index (χ3v) is 9.96. The molecule has 1 aromatic rings. The highest BCUT2D eigenvalue weighted by molar-refractivity contribution is 5.87. The lowest BCUT2D eigenvalue weighted by molar-refractivity contribution is -0.173. The zero-order valence-corrected chi connectivity index (χ0v) is 27.4. The Balaban J connectivity index is 1.22. The summed E-state index contributed by atoms with van der Waals surface area (Å²) < 4.78 is 22.8. The number of piperidine rings is 1. The number of ether oxygens (including phenoxy) is 4. The number of carboxylic acid groups (broad SMARTS) is 1. The molecule has 2 heterocycles. The highest BCUT2D eigenvalue weighted by Crippen LogP contribution is 2.65. The molecule has 262 valence electrons. The van der Waals surface area contributed by atoms with Crippen LogP contribution in [0.25, 0.3) is 0 Å². The van der Waals surface area contributed by atoms with E-state index in [9.17, 15) is 34.2 Å². The monoisotopic (exact) mass is 672 g/mol. The lowest BCUT2D eigenvalue weighted by Gasteiger charge is -2.61. The molecule has 5 rings (SSSR count). The zero-order chi connectivity index (χ0) is 34.8. The van der Waals surface area contributed by atoms with Crippen LogP contribution in [-0.4, -0.2) is 109 Å². The molecule has 4 aliphatic rings. The van der Waals surface area contributed by atoms with Gasteiger partial charge in [0, 0.05) is 31.5 Å². The van der Waals surface area contributed by atoms with Gasteiger partial charge in [-0.05, 0) is 69.9 Å². The summed E-state index contributed by atoms with van der Waals surface area (Å²) in [5, 5.41) is 27.1. The Morgan fingerprint density at radius 1 is 1.19 bits per heavy atom. The largest absolute Gasteiger partial charge is 0.493 e. The number of nitrogens with one attached hydrogen (secondary N) is 2. The minimum Gasteiger partial charge on any atom is -0.493 e. The van der Waals surface area contributed by atoms with Crippen molar-refractivity contribution in [2.75, 3.05) is 33.8 Å². The van der Waals surface area contributed by atoms with Gasteiger partial charge in [-0.2, -0.15) is 0 Å². The maximum absolute atomic E-state index is 13.2. The maximum atomic E-state index is 13.2. The molecule has 15 nitrogen and oxygen atoms in total. The second-order valence-electron chi connectivity index (χ2n) is 12.9. The highest BCUT2D eigenvalue weighted by Gasteiger charge is 2.72. The second kappa shape index (κ2) is 14.1. The smallest absolute Gasteiger partial charge is 0.345 e. The first-order chi connectivity index (χ1) is 22.9. The summed E-state index contributed by atoms with van der Waals surface area (Å²) in [6, 6.07) is 2.78. The number of nitrogens with two attached hydrogens (primary N) is 1. The van der Waals surface area contributed by atoms with Crippen LogP contribution in [0.2, 0.25) is 0 Å². The first kappa shape index (κ1) is 35.1. The van der Waals surface area contributed by atoms with E-state index in [4.69, 9.17) is 24.7 Å². The van der Waals surface area contributed by atoms with Crippen LogP contribution in [0.1, 0.15) is 63.0 Å². The Morgan fingerprint density at radius 2 is 1.96 bits per heavy atom. The molecule has 2 unspecified atom stereocenters. The number of benzene rings is 1. The molecule has 2 bridgehead atoms. The predicted molar refractivity (Wildman–Crippen MR) is 168 cm³/mol. The van der Waals surface area contributed by atoms with Crippen molar-refractivity contribution < 1.29 is 53.1 Å². The van der Waals surface area contributed by atoms with Gasteiger partial charge in [0.1, 0.15) is 11.8 Å². The molecule has 1 spiro atoms. The van der Waals surface area contributed by atoms with Crippen molar-refractivity contribution in [1.82, 2.24) is 15.5 Å². The Hall–Kier alpha value is -4.21. The van der Waals surface area contributed by atoms with E-state index in [1.54, 1.807) is 6.08 Å². The molecule has 2 amide bonds. The van der Waals surface area contributed by atoms with Crippen molar-refractivity contribution in [3.8, 4) is 11.5 Å². The first-order valence-electron chi connectivity index (χ1n) is 16.2. The van der Waals surface area contributed by atoms with Crippen LogP contribution in [0, 0.1) is 0 Å². The van der Waals surface area contributed by atoms with Crippen molar-refractivity contribution >= 4 is 29.7 Å². The summed E-state index contributed by atoms with van der Waals surface area (Å²) in [4.78, 5) is 63.8. The number of carbonyl (C=O) groups is 5. The molecule has 2 aliphatic heterocycles. The number of unbranched alkanes of at least 4 members (excludes halogenated alkanes) is 1. The summed E-state index contributed by atoms with van der Waals surface area (Å²) in [5.41, 5.74) is 5.23. The highest BCUT2D eigenvalue weighted by atomic mass is 16.6. The number of hydrogen-bond acceptors (Lipinski definition) is 12. The van der Waals surface area contributed by atoms with Crippen LogP contribution in [0.3, 0.4) is 0 Å². The van der Waals surface area contributed by atoms with E-state index in [0.29, 0.717) is 56.7 Å². The second-order valence-corrected chi connectivity index (χ2v) is 12.9. The normalized spacial score (nSPS) is 26.1. The molecule has 0 aromatic heterocycles. The van der Waals surface area contributed by atoms with Crippen molar-refractivity contribution in [2.45, 2.75) is 93.6 Å². The van der Waals surface area contributed by atoms with Crippen LogP contribution < -0.4 is 25.8 Å². The number of aliphatic carboxylic acids is 1. The molecule has 15 heteroatoms. The van der Waals surface area contributed by atoms with Gasteiger partial charge in [-0.1, -0.05) is 6.07 Å². The van der Waals surface area contributed by atoms with Crippen molar-refractivity contribution in [1.29, 1.82) is 0 Å². The molecular formula is C33H44N4O11. The molecule has 48 heavy (non-hydrogen) atoms. The number of likely N-dealkylation sites (tertiary alicyclic amines) is 1. The minimum atomic E-state index is -1.85. The van der Waals surface area contributed by atoms with Gasteiger partial charge in [0.25, 0.3) is 0 Å². The molecule has 6 N–H and O–H groups in total. The third-order valence-electron chi connectivity index (χ3n) is 9.96. The van der Waals surface area contributed by atoms with Crippen molar-refractivity contribution in [3.05, 3.63) is 35.1 Å². The predicted octanol–water partition coefficient (Wildman–Crippen LogP) is 0.0426. The summed E-state index contributed by atoms with van der Waals surface area (Å²) >= 11 is 0. The molecule has 6 atom stereocenters. The number of rotatable bonds is 15. The van der Waals surface area contributed by atoms with Gasteiger partial charge in [-0.15, -0.1) is 0 Å². The van der Waals surface area contributed by atoms with E-state index < -0.39 is 59.5 Å². The standard InChI is InChI=1S/C33H44N4O11/c1-18(38)36-20(6-4-5-13-34)30(41)35-14-10-25(39)47-23(31(42)43)17-26(40)46-22-9-11-33(44)24-16-19-7-8-21(45-3)28-27(19)32(33,29(22)48-28)12-15-37(24)2/h7-9,20,23-24,29,44H,4-6,10-17,34H2,1-3H3,(H,35,41)(H,36,38)(H,42,43)/t20?,23?,24-,29+,32+,33-/m1/s1. The quantitative estimate of drug-likeness (QED) is 0.123. The van der Waals surface area contributed by atoms with Gasteiger partial charge in [-0.3, -0.25) is 19.2 Å². The van der Waals surface area contributed by atoms with Gasteiger partial charge in [0.2, 0.25) is 17.9 Å². The lowest BCUT2D eigenvalue weighted by Crippen LogP contribution is -2.74. The molecule has 1 saturated heterocycles. The van der Waals surface area contributed by atoms with Gasteiger partial charge < -0.3 is 50.4 Å². The number of likely N-dealkylation sites (N-methyl/N-ethyl adjacent to an activating group) is 1. The minimum absolute atomic E-state index is 0.150. The number of carbonyl (C=O) groups excluding carboxylic acids is 4. The summed E-state index contributed by atoms with van der Waals surface area (Å²) in [6.07, 6.45) is 0.694. The van der Waals surface area contributed by atoms with E-state index in [0.717, 1.165) is 11.1 Å². The molecule has 2 aliphatic carbocycles. The van der Waals surface area contributed by atoms with Crippen LogP contribution in [0.5, 0.6) is 11.5 Å². The van der Waals surface area contributed by atoms with Crippen molar-refractivity contribution in [2.24, 2.45) is 5.73 Å². The van der Waals surface area contributed by atoms with Gasteiger partial charge in [0.15, 0.2) is 17.6 Å². The number of amides is 2. The maximum Gasteiger partial charge on any atom is 0.345 e. The number of carboxylic acids is 1. The fourth-order valence-electron chi connectivity index (χ4n) is 7.73.